The zero-order valence-corrected chi connectivity index (χ0v) is 14.7. The van der Waals surface area contributed by atoms with Gasteiger partial charge in [-0.15, -0.1) is 0 Å². The summed E-state index contributed by atoms with van der Waals surface area (Å²) in [5, 5.41) is 0. The van der Waals surface area contributed by atoms with Crippen molar-refractivity contribution >= 4 is 10.0 Å². The van der Waals surface area contributed by atoms with Crippen LogP contribution in [0.25, 0.3) is 0 Å². The Labute approximate surface area is 133 Å². The molecule has 120 valence electrons. The molecule has 0 aliphatic heterocycles. The maximum Gasteiger partial charge on any atom is 0.241 e. The van der Waals surface area contributed by atoms with E-state index in [1.807, 2.05) is 46.8 Å². The summed E-state index contributed by atoms with van der Waals surface area (Å²) in [6.07, 6.45) is 0.680. The molecule has 0 fully saturated rings. The molecular weight excluding hydrogens is 296 g/mol. The third kappa shape index (κ3) is 3.59. The van der Waals surface area contributed by atoms with Crippen LogP contribution in [-0.2, 0) is 16.4 Å². The molecule has 0 amide bonds. The lowest BCUT2D eigenvalue weighted by molar-refractivity contribution is 0.580. The number of hydrogen-bond donors (Lipinski definition) is 2. The van der Waals surface area contributed by atoms with Crippen LogP contribution in [0.5, 0.6) is 0 Å². The molecule has 0 radical (unpaired) electrons. The molecular formula is C17H24N2O2S. The van der Waals surface area contributed by atoms with Crippen molar-refractivity contribution in [1.82, 2.24) is 9.71 Å². The van der Waals surface area contributed by atoms with Gasteiger partial charge < -0.3 is 4.98 Å². The first-order chi connectivity index (χ1) is 10.2. The first-order valence-corrected chi connectivity index (χ1v) is 8.91. The van der Waals surface area contributed by atoms with Gasteiger partial charge in [-0.2, -0.15) is 0 Å². The van der Waals surface area contributed by atoms with E-state index >= 15 is 0 Å². The molecule has 0 bridgehead atoms. The largest absolute Gasteiger partial charge is 0.362 e. The minimum atomic E-state index is -3.47. The number of H-pyrrole nitrogens is 1. The molecule has 0 saturated heterocycles. The van der Waals surface area contributed by atoms with Crippen molar-refractivity contribution in [2.45, 2.75) is 45.9 Å². The highest BCUT2D eigenvalue weighted by Crippen LogP contribution is 2.21. The molecule has 0 atom stereocenters. The predicted octanol–water partition coefficient (Wildman–Crippen LogP) is 3.08. The van der Waals surface area contributed by atoms with Gasteiger partial charge in [-0.05, 0) is 63.8 Å². The highest BCUT2D eigenvalue weighted by molar-refractivity contribution is 7.89. The van der Waals surface area contributed by atoms with Gasteiger partial charge in [0.15, 0.2) is 0 Å². The maximum absolute atomic E-state index is 12.5. The molecule has 1 aromatic heterocycles. The lowest BCUT2D eigenvalue weighted by atomic mass is 10.1. The number of hydrogen-bond acceptors (Lipinski definition) is 2. The van der Waals surface area contributed by atoms with E-state index in [9.17, 15) is 8.42 Å². The summed E-state index contributed by atoms with van der Waals surface area (Å²) in [5.41, 5.74) is 6.00. The fraction of sp³-hybridized carbons (Fsp3) is 0.412. The fourth-order valence-electron chi connectivity index (χ4n) is 3.02. The third-order valence-corrected chi connectivity index (χ3v) is 5.58. The number of rotatable bonds is 5. The molecule has 0 spiro atoms. The number of aryl methyl sites for hydroxylation is 5. The summed E-state index contributed by atoms with van der Waals surface area (Å²) in [7, 11) is -3.47. The van der Waals surface area contributed by atoms with Gasteiger partial charge in [-0.3, -0.25) is 0 Å². The van der Waals surface area contributed by atoms with E-state index in [1.165, 1.54) is 0 Å². The van der Waals surface area contributed by atoms with Gasteiger partial charge >= 0.3 is 0 Å². The minimum Gasteiger partial charge on any atom is -0.362 e. The van der Waals surface area contributed by atoms with Gasteiger partial charge in [0.25, 0.3) is 0 Å². The van der Waals surface area contributed by atoms with Crippen molar-refractivity contribution in [3.63, 3.8) is 0 Å². The van der Waals surface area contributed by atoms with Gasteiger partial charge in [0.05, 0.1) is 4.90 Å². The maximum atomic E-state index is 12.5. The highest BCUT2D eigenvalue weighted by Gasteiger charge is 2.19. The summed E-state index contributed by atoms with van der Waals surface area (Å²) in [5.74, 6) is 0. The van der Waals surface area contributed by atoms with Crippen LogP contribution in [0, 0.1) is 34.6 Å². The van der Waals surface area contributed by atoms with E-state index in [0.717, 1.165) is 33.6 Å². The SMILES string of the molecule is Cc1cc(C)c(S(=O)(=O)NCCc2cc(C)[nH]c2C)c(C)c1. The second-order valence-electron chi connectivity index (χ2n) is 5.98. The van der Waals surface area contributed by atoms with Crippen molar-refractivity contribution in [3.05, 3.63) is 51.8 Å². The Kier molecular flexibility index (Phi) is 4.78. The second-order valence-corrected chi connectivity index (χ2v) is 7.68. The Morgan fingerprint density at radius 3 is 2.09 bits per heavy atom. The number of aromatic amines is 1. The first kappa shape index (κ1) is 16.8. The third-order valence-electron chi connectivity index (χ3n) is 3.82. The summed E-state index contributed by atoms with van der Waals surface area (Å²) >= 11 is 0. The van der Waals surface area contributed by atoms with Crippen LogP contribution in [0.2, 0.25) is 0 Å². The van der Waals surface area contributed by atoms with E-state index in [4.69, 9.17) is 0 Å². The van der Waals surface area contributed by atoms with E-state index < -0.39 is 10.0 Å². The molecule has 2 N–H and O–H groups in total. The van der Waals surface area contributed by atoms with Gasteiger partial charge in [0.2, 0.25) is 10.0 Å². The molecule has 1 heterocycles. The van der Waals surface area contributed by atoms with Crippen LogP contribution in [0.15, 0.2) is 23.1 Å². The zero-order valence-electron chi connectivity index (χ0n) is 13.9. The molecule has 22 heavy (non-hydrogen) atoms. The average Bonchev–Trinajstić information content (AvgIpc) is 2.65. The van der Waals surface area contributed by atoms with Crippen LogP contribution in [0.4, 0.5) is 0 Å². The van der Waals surface area contributed by atoms with Gasteiger partial charge in [-0.1, -0.05) is 17.7 Å². The smallest absolute Gasteiger partial charge is 0.241 e. The van der Waals surface area contributed by atoms with Gasteiger partial charge in [0.1, 0.15) is 0 Å². The standard InChI is InChI=1S/C17H24N2O2S/c1-11-8-12(2)17(13(3)9-11)22(20,21)18-7-6-16-10-14(4)19-15(16)5/h8-10,18-19H,6-7H2,1-5H3. The fourth-order valence-corrected chi connectivity index (χ4v) is 4.51. The molecule has 2 aromatic rings. The highest BCUT2D eigenvalue weighted by atomic mass is 32.2. The molecule has 5 heteroatoms. The summed E-state index contributed by atoms with van der Waals surface area (Å²) < 4.78 is 27.8. The Morgan fingerprint density at radius 2 is 1.59 bits per heavy atom. The van der Waals surface area contributed by atoms with Crippen molar-refractivity contribution in [1.29, 1.82) is 0 Å². The molecule has 0 saturated carbocycles. The quantitative estimate of drug-likeness (QED) is 0.889. The molecule has 0 aliphatic carbocycles. The van der Waals surface area contributed by atoms with E-state index in [1.54, 1.807) is 0 Å². The van der Waals surface area contributed by atoms with Crippen LogP contribution in [0.1, 0.15) is 33.6 Å². The van der Waals surface area contributed by atoms with Gasteiger partial charge in [-0.25, -0.2) is 13.1 Å². The number of nitrogens with one attached hydrogen (secondary N) is 2. The van der Waals surface area contributed by atoms with Crippen molar-refractivity contribution in [2.24, 2.45) is 0 Å². The number of benzene rings is 1. The summed E-state index contributed by atoms with van der Waals surface area (Å²) in [4.78, 5) is 3.64. The van der Waals surface area contributed by atoms with Crippen molar-refractivity contribution < 1.29 is 8.42 Å². The Bertz CT molecular complexity index is 766. The van der Waals surface area contributed by atoms with E-state index in [0.29, 0.717) is 17.9 Å². The van der Waals surface area contributed by atoms with Crippen LogP contribution in [0.3, 0.4) is 0 Å². The zero-order chi connectivity index (χ0) is 16.5. The van der Waals surface area contributed by atoms with Crippen LogP contribution in [-0.4, -0.2) is 19.9 Å². The molecule has 1 aromatic carbocycles. The van der Waals surface area contributed by atoms with E-state index in [-0.39, 0.29) is 0 Å². The van der Waals surface area contributed by atoms with Crippen molar-refractivity contribution in [2.75, 3.05) is 6.54 Å². The monoisotopic (exact) mass is 320 g/mol. The first-order valence-electron chi connectivity index (χ1n) is 7.43. The Morgan fingerprint density at radius 1 is 1.00 bits per heavy atom. The van der Waals surface area contributed by atoms with Crippen molar-refractivity contribution in [3.8, 4) is 0 Å². The Balaban J connectivity index is 2.14. The Hall–Kier alpha value is -1.59. The van der Waals surface area contributed by atoms with Crippen LogP contribution < -0.4 is 4.72 Å². The predicted molar refractivity (Wildman–Crippen MR) is 89.8 cm³/mol. The lowest BCUT2D eigenvalue weighted by Gasteiger charge is -2.13. The second kappa shape index (κ2) is 6.26. The molecule has 0 aliphatic rings. The summed E-state index contributed by atoms with van der Waals surface area (Å²) in [6.45, 7) is 10.1. The lowest BCUT2D eigenvalue weighted by Crippen LogP contribution is -2.27. The molecule has 4 nitrogen and oxygen atoms in total. The average molecular weight is 320 g/mol. The summed E-state index contributed by atoms with van der Waals surface area (Å²) in [6, 6.07) is 5.87. The normalized spacial score (nSPS) is 11.9. The number of aromatic nitrogens is 1. The minimum absolute atomic E-state index is 0.396. The topological polar surface area (TPSA) is 62.0 Å². The van der Waals surface area contributed by atoms with Gasteiger partial charge in [0, 0.05) is 17.9 Å². The van der Waals surface area contributed by atoms with E-state index in [2.05, 4.69) is 15.8 Å². The number of sulfonamides is 1. The van der Waals surface area contributed by atoms with Crippen LogP contribution >= 0.6 is 0 Å². The molecule has 2 rings (SSSR count). The molecule has 0 unspecified atom stereocenters.